The van der Waals surface area contributed by atoms with Crippen LogP contribution in [0.25, 0.3) is 22.3 Å². The number of hydrogen-bond donors (Lipinski definition) is 0. The molecular formula is C20H18N4O2. The summed E-state index contributed by atoms with van der Waals surface area (Å²) in [6, 6.07) is 15.2. The summed E-state index contributed by atoms with van der Waals surface area (Å²) in [5, 5.41) is 9.68. The van der Waals surface area contributed by atoms with Crippen molar-refractivity contribution in [1.29, 1.82) is 0 Å². The Bertz CT molecular complexity index is 1170. The third kappa shape index (κ3) is 2.38. The second-order valence-electron chi connectivity index (χ2n) is 6.08. The molecule has 0 amide bonds. The van der Waals surface area contributed by atoms with E-state index >= 15 is 0 Å². The molecule has 0 unspecified atom stereocenters. The quantitative estimate of drug-likeness (QED) is 0.571. The van der Waals surface area contributed by atoms with Crippen molar-refractivity contribution in [3.05, 3.63) is 76.3 Å². The average molecular weight is 346 g/mol. The van der Waals surface area contributed by atoms with Gasteiger partial charge < -0.3 is 4.74 Å². The number of rotatable bonds is 3. The van der Waals surface area contributed by atoms with Gasteiger partial charge in [-0.2, -0.15) is 14.9 Å². The van der Waals surface area contributed by atoms with E-state index in [9.17, 15) is 4.79 Å². The van der Waals surface area contributed by atoms with Crippen molar-refractivity contribution in [3.8, 4) is 17.1 Å². The van der Waals surface area contributed by atoms with Crippen molar-refractivity contribution >= 4 is 10.9 Å². The SMILES string of the molecule is COc1ccccc1-n1nc(C)c2cnn(-c3ccccc3C)c2c1=O. The Morgan fingerprint density at radius 3 is 2.35 bits per heavy atom. The van der Waals surface area contributed by atoms with Crippen LogP contribution >= 0.6 is 0 Å². The minimum absolute atomic E-state index is 0.240. The van der Waals surface area contributed by atoms with Crippen molar-refractivity contribution in [3.63, 3.8) is 0 Å². The van der Waals surface area contributed by atoms with Gasteiger partial charge >= 0.3 is 0 Å². The van der Waals surface area contributed by atoms with Crippen LogP contribution in [-0.4, -0.2) is 26.7 Å². The number of fused-ring (bicyclic) bond motifs is 1. The molecule has 4 rings (SSSR count). The molecule has 130 valence electrons. The Morgan fingerprint density at radius 1 is 0.923 bits per heavy atom. The number of para-hydroxylation sites is 3. The maximum Gasteiger partial charge on any atom is 0.298 e. The van der Waals surface area contributed by atoms with Gasteiger partial charge in [-0.15, -0.1) is 0 Å². The molecule has 6 nitrogen and oxygen atoms in total. The van der Waals surface area contributed by atoms with Crippen LogP contribution < -0.4 is 10.3 Å². The number of aryl methyl sites for hydroxylation is 2. The molecule has 0 spiro atoms. The Hall–Kier alpha value is -3.41. The Morgan fingerprint density at radius 2 is 1.62 bits per heavy atom. The van der Waals surface area contributed by atoms with E-state index in [4.69, 9.17) is 4.74 Å². The van der Waals surface area contributed by atoms with E-state index in [1.807, 2.05) is 62.4 Å². The molecule has 0 atom stereocenters. The first-order chi connectivity index (χ1) is 12.6. The summed E-state index contributed by atoms with van der Waals surface area (Å²) in [5.74, 6) is 0.586. The highest BCUT2D eigenvalue weighted by Crippen LogP contribution is 2.23. The number of methoxy groups -OCH3 is 1. The predicted octanol–water partition coefficient (Wildman–Crippen LogP) is 3.20. The Balaban J connectivity index is 2.07. The van der Waals surface area contributed by atoms with Gasteiger partial charge in [-0.1, -0.05) is 30.3 Å². The molecule has 2 aromatic heterocycles. The van der Waals surface area contributed by atoms with Crippen LogP contribution in [0.4, 0.5) is 0 Å². The lowest BCUT2D eigenvalue weighted by molar-refractivity contribution is 0.411. The van der Waals surface area contributed by atoms with Gasteiger partial charge in [-0.25, -0.2) is 4.68 Å². The van der Waals surface area contributed by atoms with Crippen LogP contribution in [0.2, 0.25) is 0 Å². The van der Waals surface area contributed by atoms with E-state index in [0.717, 1.165) is 22.3 Å². The second-order valence-corrected chi connectivity index (χ2v) is 6.08. The zero-order chi connectivity index (χ0) is 18.3. The molecule has 0 aliphatic rings. The summed E-state index contributed by atoms with van der Waals surface area (Å²) in [7, 11) is 1.58. The van der Waals surface area contributed by atoms with Crippen molar-refractivity contribution in [2.45, 2.75) is 13.8 Å². The molecule has 0 saturated carbocycles. The Labute approximate surface area is 150 Å². The minimum atomic E-state index is -0.240. The van der Waals surface area contributed by atoms with Crippen LogP contribution in [-0.2, 0) is 0 Å². The molecule has 0 N–H and O–H groups in total. The maximum atomic E-state index is 13.3. The highest BCUT2D eigenvalue weighted by molar-refractivity contribution is 5.82. The summed E-state index contributed by atoms with van der Waals surface area (Å²) in [6.45, 7) is 3.87. The van der Waals surface area contributed by atoms with Gasteiger partial charge in [-0.3, -0.25) is 4.79 Å². The third-order valence-electron chi connectivity index (χ3n) is 4.46. The Kier molecular flexibility index (Phi) is 3.80. The lowest BCUT2D eigenvalue weighted by atomic mass is 10.2. The summed E-state index contributed by atoms with van der Waals surface area (Å²) in [4.78, 5) is 13.3. The molecule has 0 radical (unpaired) electrons. The van der Waals surface area contributed by atoms with Crippen LogP contribution in [0.1, 0.15) is 11.3 Å². The van der Waals surface area contributed by atoms with Gasteiger partial charge in [0.05, 0.1) is 24.7 Å². The monoisotopic (exact) mass is 346 g/mol. The predicted molar refractivity (Wildman–Crippen MR) is 100 cm³/mol. The van der Waals surface area contributed by atoms with Crippen LogP contribution in [0.5, 0.6) is 5.75 Å². The molecule has 0 bridgehead atoms. The van der Waals surface area contributed by atoms with Gasteiger partial charge in [0, 0.05) is 5.39 Å². The van der Waals surface area contributed by atoms with E-state index in [1.54, 1.807) is 18.0 Å². The fraction of sp³-hybridized carbons (Fsp3) is 0.150. The molecule has 0 saturated heterocycles. The zero-order valence-electron chi connectivity index (χ0n) is 14.8. The number of hydrogen-bond acceptors (Lipinski definition) is 4. The molecule has 26 heavy (non-hydrogen) atoms. The van der Waals surface area contributed by atoms with E-state index in [0.29, 0.717) is 17.0 Å². The van der Waals surface area contributed by atoms with E-state index in [1.165, 1.54) is 4.68 Å². The highest BCUT2D eigenvalue weighted by atomic mass is 16.5. The van der Waals surface area contributed by atoms with Crippen LogP contribution in [0.15, 0.2) is 59.5 Å². The van der Waals surface area contributed by atoms with Crippen LogP contribution in [0.3, 0.4) is 0 Å². The van der Waals surface area contributed by atoms with Gasteiger partial charge in [0.2, 0.25) is 0 Å². The molecule has 0 aliphatic carbocycles. The molecule has 2 aromatic carbocycles. The first kappa shape index (κ1) is 16.1. The largest absolute Gasteiger partial charge is 0.494 e. The van der Waals surface area contributed by atoms with E-state index in [2.05, 4.69) is 10.2 Å². The summed E-state index contributed by atoms with van der Waals surface area (Å²) >= 11 is 0. The van der Waals surface area contributed by atoms with Crippen molar-refractivity contribution in [1.82, 2.24) is 19.6 Å². The molecule has 4 aromatic rings. The molecule has 0 fully saturated rings. The lowest BCUT2D eigenvalue weighted by Gasteiger charge is -2.12. The number of benzene rings is 2. The molecule has 2 heterocycles. The first-order valence-electron chi connectivity index (χ1n) is 8.29. The number of aromatic nitrogens is 4. The lowest BCUT2D eigenvalue weighted by Crippen LogP contribution is -2.24. The van der Waals surface area contributed by atoms with Crippen molar-refractivity contribution < 1.29 is 4.74 Å². The fourth-order valence-electron chi connectivity index (χ4n) is 3.12. The third-order valence-corrected chi connectivity index (χ3v) is 4.46. The van der Waals surface area contributed by atoms with Gasteiger partial charge in [0.1, 0.15) is 17.0 Å². The second kappa shape index (κ2) is 6.15. The van der Waals surface area contributed by atoms with Gasteiger partial charge in [-0.05, 0) is 37.6 Å². The van der Waals surface area contributed by atoms with E-state index < -0.39 is 0 Å². The molecular weight excluding hydrogens is 328 g/mol. The van der Waals surface area contributed by atoms with Crippen LogP contribution in [0, 0.1) is 13.8 Å². The average Bonchev–Trinajstić information content (AvgIpc) is 3.11. The zero-order valence-corrected chi connectivity index (χ0v) is 14.8. The maximum absolute atomic E-state index is 13.3. The first-order valence-corrected chi connectivity index (χ1v) is 8.29. The van der Waals surface area contributed by atoms with Crippen molar-refractivity contribution in [2.75, 3.05) is 7.11 Å². The fourth-order valence-corrected chi connectivity index (χ4v) is 3.12. The molecule has 0 aliphatic heterocycles. The van der Waals surface area contributed by atoms with Crippen molar-refractivity contribution in [2.24, 2.45) is 0 Å². The minimum Gasteiger partial charge on any atom is -0.494 e. The molecule has 6 heteroatoms. The smallest absolute Gasteiger partial charge is 0.298 e. The normalized spacial score (nSPS) is 11.0. The van der Waals surface area contributed by atoms with Gasteiger partial charge in [0.15, 0.2) is 0 Å². The van der Waals surface area contributed by atoms with Gasteiger partial charge in [0.25, 0.3) is 5.56 Å². The summed E-state index contributed by atoms with van der Waals surface area (Å²) in [5.41, 5.74) is 3.49. The standard InChI is InChI=1S/C20H18N4O2/c1-13-8-4-5-9-16(13)23-19-15(12-21-23)14(2)22-24(20(19)25)17-10-6-7-11-18(17)26-3/h4-12H,1-3H3. The topological polar surface area (TPSA) is 61.9 Å². The number of nitrogens with zero attached hydrogens (tertiary/aromatic N) is 4. The summed E-state index contributed by atoms with van der Waals surface area (Å²) in [6.07, 6.45) is 1.69. The number of ether oxygens (including phenoxy) is 1. The van der Waals surface area contributed by atoms with E-state index in [-0.39, 0.29) is 5.56 Å². The highest BCUT2D eigenvalue weighted by Gasteiger charge is 2.18. The summed E-state index contributed by atoms with van der Waals surface area (Å²) < 4.78 is 8.47.